The summed E-state index contributed by atoms with van der Waals surface area (Å²) < 4.78 is 39.2. The summed E-state index contributed by atoms with van der Waals surface area (Å²) in [5, 5.41) is 3.07. The summed E-state index contributed by atoms with van der Waals surface area (Å²) in [6.45, 7) is 1.08. The van der Waals surface area contributed by atoms with E-state index < -0.39 is 34.4 Å². The van der Waals surface area contributed by atoms with Crippen LogP contribution in [0, 0.1) is 0 Å². The van der Waals surface area contributed by atoms with Crippen molar-refractivity contribution in [2.75, 3.05) is 32.1 Å². The molecule has 0 saturated heterocycles. The van der Waals surface area contributed by atoms with Crippen LogP contribution in [0.2, 0.25) is 5.02 Å². The van der Waals surface area contributed by atoms with E-state index in [9.17, 15) is 18.0 Å². The lowest BCUT2D eigenvalue weighted by Gasteiger charge is -2.32. The lowest BCUT2D eigenvalue weighted by Crippen LogP contribution is -2.50. The van der Waals surface area contributed by atoms with Crippen molar-refractivity contribution >= 4 is 39.1 Å². The molecular weight excluding hydrogens is 530 g/mol. The number of likely N-dealkylation sites (N-methyl/N-ethyl adjacent to an activating group) is 1. The second kappa shape index (κ2) is 12.7. The van der Waals surface area contributed by atoms with Gasteiger partial charge in [0.1, 0.15) is 12.6 Å². The molecule has 11 heteroatoms. The maximum atomic E-state index is 13.8. The molecule has 3 aromatic carbocycles. The Bertz CT molecular complexity index is 1370. The Kier molecular flexibility index (Phi) is 9.60. The highest BCUT2D eigenvalue weighted by Gasteiger charge is 2.32. The van der Waals surface area contributed by atoms with Crippen molar-refractivity contribution < 1.29 is 27.5 Å². The number of nitrogens with one attached hydrogen (secondary N) is 1. The molecule has 0 saturated carbocycles. The summed E-state index contributed by atoms with van der Waals surface area (Å²) in [5.74, 6) is -0.277. The Morgan fingerprint density at radius 3 is 2.16 bits per heavy atom. The van der Waals surface area contributed by atoms with Crippen LogP contribution < -0.4 is 19.1 Å². The minimum absolute atomic E-state index is 0.00573. The fourth-order valence-corrected chi connectivity index (χ4v) is 5.36. The van der Waals surface area contributed by atoms with Crippen LogP contribution in [-0.2, 0) is 26.2 Å². The molecule has 1 unspecified atom stereocenters. The molecule has 0 aromatic heterocycles. The quantitative estimate of drug-likeness (QED) is 0.384. The highest BCUT2D eigenvalue weighted by atomic mass is 35.5. The van der Waals surface area contributed by atoms with Gasteiger partial charge >= 0.3 is 0 Å². The number of amides is 2. The average Bonchev–Trinajstić information content (AvgIpc) is 2.94. The van der Waals surface area contributed by atoms with E-state index in [1.807, 2.05) is 0 Å². The summed E-state index contributed by atoms with van der Waals surface area (Å²) in [7, 11) is 0.185. The third kappa shape index (κ3) is 6.56. The first-order valence-corrected chi connectivity index (χ1v) is 13.5. The molecule has 0 aliphatic heterocycles. The fraction of sp³-hybridized carbons (Fsp3) is 0.259. The molecular formula is C27H30ClN3O6S. The number of hydrogen-bond donors (Lipinski definition) is 1. The maximum Gasteiger partial charge on any atom is 0.264 e. The highest BCUT2D eigenvalue weighted by molar-refractivity contribution is 7.92. The topological polar surface area (TPSA) is 105 Å². The minimum atomic E-state index is -4.19. The van der Waals surface area contributed by atoms with Crippen molar-refractivity contribution in [2.45, 2.75) is 24.4 Å². The van der Waals surface area contributed by atoms with Crippen LogP contribution in [0.1, 0.15) is 12.5 Å². The first-order valence-electron chi connectivity index (χ1n) is 11.7. The number of hydrogen-bond acceptors (Lipinski definition) is 6. The number of halogens is 1. The van der Waals surface area contributed by atoms with Crippen LogP contribution in [0.3, 0.4) is 0 Å². The molecule has 3 rings (SSSR count). The van der Waals surface area contributed by atoms with E-state index in [2.05, 4.69) is 5.32 Å². The summed E-state index contributed by atoms with van der Waals surface area (Å²) in [5.41, 5.74) is 0.918. The number of ether oxygens (including phenoxy) is 2. The molecule has 2 amide bonds. The largest absolute Gasteiger partial charge is 0.493 e. The molecule has 0 aliphatic rings. The lowest BCUT2D eigenvalue weighted by molar-refractivity contribution is -0.139. The number of nitrogens with zero attached hydrogens (tertiary/aromatic N) is 2. The number of carbonyl (C=O) groups is 2. The third-order valence-corrected chi connectivity index (χ3v) is 7.99. The van der Waals surface area contributed by atoms with Crippen molar-refractivity contribution in [3.05, 3.63) is 83.4 Å². The van der Waals surface area contributed by atoms with Gasteiger partial charge in [0, 0.05) is 24.7 Å². The SMILES string of the molecule is CNC(=O)C(C)N(Cc1ccc(Cl)cc1)C(=O)CN(c1ccc(OC)c(OC)c1)S(=O)(=O)c1ccccc1. The van der Waals surface area contributed by atoms with Crippen LogP contribution in [-0.4, -0.2) is 59.0 Å². The number of rotatable bonds is 11. The van der Waals surface area contributed by atoms with E-state index in [1.54, 1.807) is 55.5 Å². The molecule has 3 aromatic rings. The van der Waals surface area contributed by atoms with Gasteiger partial charge in [-0.1, -0.05) is 41.9 Å². The van der Waals surface area contributed by atoms with Crippen LogP contribution in [0.25, 0.3) is 0 Å². The first-order chi connectivity index (χ1) is 18.1. The second-order valence-corrected chi connectivity index (χ2v) is 10.6. The molecule has 0 spiro atoms. The Hall–Kier alpha value is -3.76. The fourth-order valence-electron chi connectivity index (χ4n) is 3.81. The van der Waals surface area contributed by atoms with Gasteiger partial charge in [-0.25, -0.2) is 8.42 Å². The summed E-state index contributed by atoms with van der Waals surface area (Å²) in [4.78, 5) is 27.7. The van der Waals surface area contributed by atoms with Crippen LogP contribution in [0.5, 0.6) is 11.5 Å². The molecule has 1 atom stereocenters. The van der Waals surface area contributed by atoms with Crippen LogP contribution in [0.15, 0.2) is 77.7 Å². The molecule has 9 nitrogen and oxygen atoms in total. The Balaban J connectivity index is 2.07. The average molecular weight is 560 g/mol. The zero-order chi connectivity index (χ0) is 27.9. The van der Waals surface area contributed by atoms with Crippen molar-refractivity contribution in [3.63, 3.8) is 0 Å². The van der Waals surface area contributed by atoms with Gasteiger partial charge in [-0.05, 0) is 48.9 Å². The lowest BCUT2D eigenvalue weighted by atomic mass is 10.1. The van der Waals surface area contributed by atoms with Crippen molar-refractivity contribution in [2.24, 2.45) is 0 Å². The normalized spacial score (nSPS) is 11.8. The van der Waals surface area contributed by atoms with Gasteiger partial charge in [0.15, 0.2) is 11.5 Å². The maximum absolute atomic E-state index is 13.8. The molecule has 0 radical (unpaired) electrons. The molecule has 0 bridgehead atoms. The number of carbonyl (C=O) groups excluding carboxylic acids is 2. The van der Waals surface area contributed by atoms with Gasteiger partial charge in [-0.2, -0.15) is 0 Å². The predicted octanol–water partition coefficient (Wildman–Crippen LogP) is 3.72. The summed E-state index contributed by atoms with van der Waals surface area (Å²) >= 11 is 6.00. The zero-order valence-electron chi connectivity index (χ0n) is 21.5. The Labute approximate surface area is 228 Å². The van der Waals surface area contributed by atoms with Gasteiger partial charge in [0.05, 0.1) is 24.8 Å². The van der Waals surface area contributed by atoms with Gasteiger partial charge in [-0.3, -0.25) is 13.9 Å². The molecule has 1 N–H and O–H groups in total. The van der Waals surface area contributed by atoms with Gasteiger partial charge in [0.25, 0.3) is 10.0 Å². The standard InChI is InChI=1S/C27H30ClN3O6S/c1-19(27(33)29-2)30(17-20-10-12-21(28)13-11-20)26(32)18-31(38(34,35)23-8-6-5-7-9-23)22-14-15-24(36-3)25(16-22)37-4/h5-16,19H,17-18H2,1-4H3,(H,29,33). The zero-order valence-corrected chi connectivity index (χ0v) is 23.1. The molecule has 0 fully saturated rings. The van der Waals surface area contributed by atoms with E-state index in [4.69, 9.17) is 21.1 Å². The van der Waals surface area contributed by atoms with E-state index >= 15 is 0 Å². The Morgan fingerprint density at radius 1 is 0.947 bits per heavy atom. The van der Waals surface area contributed by atoms with Crippen molar-refractivity contribution in [3.8, 4) is 11.5 Å². The predicted molar refractivity (Wildman–Crippen MR) is 146 cm³/mol. The van der Waals surface area contributed by atoms with E-state index in [0.717, 1.165) is 9.87 Å². The van der Waals surface area contributed by atoms with E-state index in [0.29, 0.717) is 16.5 Å². The van der Waals surface area contributed by atoms with Gasteiger partial charge in [0.2, 0.25) is 11.8 Å². The van der Waals surface area contributed by atoms with Crippen molar-refractivity contribution in [1.82, 2.24) is 10.2 Å². The molecule has 0 aliphatic carbocycles. The summed E-state index contributed by atoms with van der Waals surface area (Å²) in [6, 6.07) is 18.3. The van der Waals surface area contributed by atoms with E-state index in [1.165, 1.54) is 50.4 Å². The number of anilines is 1. The van der Waals surface area contributed by atoms with E-state index in [-0.39, 0.29) is 17.1 Å². The third-order valence-electron chi connectivity index (χ3n) is 5.95. The molecule has 0 heterocycles. The molecule has 38 heavy (non-hydrogen) atoms. The summed E-state index contributed by atoms with van der Waals surface area (Å²) in [6.07, 6.45) is 0. The van der Waals surface area contributed by atoms with Gasteiger partial charge in [-0.15, -0.1) is 0 Å². The highest BCUT2D eigenvalue weighted by Crippen LogP contribution is 2.34. The van der Waals surface area contributed by atoms with Gasteiger partial charge < -0.3 is 19.7 Å². The van der Waals surface area contributed by atoms with Crippen LogP contribution in [0.4, 0.5) is 5.69 Å². The number of sulfonamides is 1. The second-order valence-electron chi connectivity index (χ2n) is 8.30. The minimum Gasteiger partial charge on any atom is -0.493 e. The van der Waals surface area contributed by atoms with Crippen LogP contribution >= 0.6 is 11.6 Å². The number of methoxy groups -OCH3 is 2. The number of benzene rings is 3. The Morgan fingerprint density at radius 2 is 1.58 bits per heavy atom. The smallest absolute Gasteiger partial charge is 0.264 e. The molecule has 202 valence electrons. The van der Waals surface area contributed by atoms with Crippen molar-refractivity contribution in [1.29, 1.82) is 0 Å². The monoisotopic (exact) mass is 559 g/mol. The first kappa shape index (κ1) is 28.8.